The van der Waals surface area contributed by atoms with Crippen molar-refractivity contribution in [3.05, 3.63) is 65.2 Å². The van der Waals surface area contributed by atoms with Gasteiger partial charge in [0.25, 0.3) is 5.91 Å². The van der Waals surface area contributed by atoms with Gasteiger partial charge in [-0.3, -0.25) is 9.59 Å². The third-order valence-corrected chi connectivity index (χ3v) is 6.30. The number of carbonyl (C=O) groups excluding carboxylic acids is 2. The average Bonchev–Trinajstić information content (AvgIpc) is 3.46. The Hall–Kier alpha value is -2.65. The van der Waals surface area contributed by atoms with Crippen molar-refractivity contribution in [3.63, 3.8) is 0 Å². The first kappa shape index (κ1) is 19.7. The van der Waals surface area contributed by atoms with Crippen molar-refractivity contribution in [3.8, 4) is 0 Å². The molecule has 9 heteroatoms. The molecule has 0 bridgehead atoms. The number of amides is 2. The van der Waals surface area contributed by atoms with Crippen LogP contribution in [0.3, 0.4) is 0 Å². The van der Waals surface area contributed by atoms with Crippen molar-refractivity contribution in [1.29, 1.82) is 0 Å². The molecule has 2 N–H and O–H groups in total. The fourth-order valence-electron chi connectivity index (χ4n) is 3.12. The molecule has 4 rings (SSSR count). The molecule has 0 saturated carbocycles. The minimum absolute atomic E-state index is 0.0260. The highest BCUT2D eigenvalue weighted by Crippen LogP contribution is 2.35. The summed E-state index contributed by atoms with van der Waals surface area (Å²) in [7, 11) is 0. The normalized spacial score (nSPS) is 12.6. The Morgan fingerprint density at radius 3 is 2.90 bits per heavy atom. The van der Waals surface area contributed by atoms with Gasteiger partial charge in [-0.05, 0) is 30.5 Å². The molecule has 7 nitrogen and oxygen atoms in total. The standard InChI is InChI=1S/C20H20N4O3S2/c1-28-17-7-3-2-6-14(17)20(26)22-19-15-11-29-12-16(15)23-24(19)10-18(25)21-9-13-5-4-8-27-13/h2-8H,9-12H2,1H3,(H,21,25)(H,22,26). The Labute approximate surface area is 176 Å². The second-order valence-corrected chi connectivity index (χ2v) is 8.27. The number of furan rings is 1. The predicted octanol–water partition coefficient (Wildman–Crippen LogP) is 3.51. The lowest BCUT2D eigenvalue weighted by atomic mass is 10.2. The maximum atomic E-state index is 12.9. The second kappa shape index (κ2) is 8.79. The third-order valence-electron chi connectivity index (χ3n) is 4.54. The zero-order valence-corrected chi connectivity index (χ0v) is 17.4. The summed E-state index contributed by atoms with van der Waals surface area (Å²) >= 11 is 3.27. The van der Waals surface area contributed by atoms with E-state index in [-0.39, 0.29) is 18.4 Å². The van der Waals surface area contributed by atoms with Crippen LogP contribution >= 0.6 is 23.5 Å². The van der Waals surface area contributed by atoms with Gasteiger partial charge in [-0.2, -0.15) is 16.9 Å². The first-order valence-electron chi connectivity index (χ1n) is 9.05. The van der Waals surface area contributed by atoms with Crippen molar-refractivity contribution in [2.24, 2.45) is 0 Å². The van der Waals surface area contributed by atoms with E-state index in [1.54, 1.807) is 40.9 Å². The quantitative estimate of drug-likeness (QED) is 0.560. The summed E-state index contributed by atoms with van der Waals surface area (Å²) in [6.45, 7) is 0.337. The number of carbonyl (C=O) groups is 2. The van der Waals surface area contributed by atoms with E-state index in [9.17, 15) is 9.59 Å². The van der Waals surface area contributed by atoms with Crippen LogP contribution < -0.4 is 10.6 Å². The average molecular weight is 429 g/mol. The SMILES string of the molecule is CSc1ccccc1C(=O)Nc1c2c(nn1CC(=O)NCc1ccco1)CSC2. The van der Waals surface area contributed by atoms with Crippen LogP contribution in [0.25, 0.3) is 0 Å². The summed E-state index contributed by atoms with van der Waals surface area (Å²) < 4.78 is 6.82. The van der Waals surface area contributed by atoms with Crippen molar-refractivity contribution >= 4 is 41.2 Å². The number of hydrogen-bond donors (Lipinski definition) is 2. The smallest absolute Gasteiger partial charge is 0.257 e. The van der Waals surface area contributed by atoms with Gasteiger partial charge in [0.1, 0.15) is 18.1 Å². The molecular formula is C20H20N4O3S2. The van der Waals surface area contributed by atoms with Gasteiger partial charge in [0.2, 0.25) is 5.91 Å². The van der Waals surface area contributed by atoms with E-state index in [0.717, 1.165) is 27.7 Å². The van der Waals surface area contributed by atoms with Crippen LogP contribution in [-0.4, -0.2) is 27.9 Å². The largest absolute Gasteiger partial charge is 0.467 e. The highest BCUT2D eigenvalue weighted by atomic mass is 32.2. The lowest BCUT2D eigenvalue weighted by molar-refractivity contribution is -0.122. The van der Waals surface area contributed by atoms with Crippen LogP contribution in [0.1, 0.15) is 27.4 Å². The first-order chi connectivity index (χ1) is 14.2. The van der Waals surface area contributed by atoms with E-state index >= 15 is 0 Å². The molecule has 0 radical (unpaired) electrons. The fourth-order valence-corrected chi connectivity index (χ4v) is 4.75. The van der Waals surface area contributed by atoms with E-state index in [2.05, 4.69) is 15.7 Å². The second-order valence-electron chi connectivity index (χ2n) is 6.43. The maximum absolute atomic E-state index is 12.9. The molecule has 1 aliphatic heterocycles. The number of rotatable bonds is 7. The van der Waals surface area contributed by atoms with Crippen molar-refractivity contribution in [2.75, 3.05) is 11.6 Å². The first-order valence-corrected chi connectivity index (χ1v) is 11.4. The minimum Gasteiger partial charge on any atom is -0.467 e. The molecule has 150 valence electrons. The molecule has 1 aromatic carbocycles. The van der Waals surface area contributed by atoms with E-state index in [4.69, 9.17) is 4.42 Å². The zero-order chi connectivity index (χ0) is 20.2. The van der Waals surface area contributed by atoms with Crippen molar-refractivity contribution < 1.29 is 14.0 Å². The van der Waals surface area contributed by atoms with Crippen LogP contribution in [0.5, 0.6) is 0 Å². The summed E-state index contributed by atoms with van der Waals surface area (Å²) in [5.41, 5.74) is 2.51. The molecule has 29 heavy (non-hydrogen) atoms. The zero-order valence-electron chi connectivity index (χ0n) is 15.8. The summed E-state index contributed by atoms with van der Waals surface area (Å²) in [4.78, 5) is 26.2. The molecule has 0 aliphatic carbocycles. The molecule has 0 fully saturated rings. The van der Waals surface area contributed by atoms with Crippen LogP contribution in [-0.2, 0) is 29.4 Å². The number of benzene rings is 1. The van der Waals surface area contributed by atoms with Crippen LogP contribution in [0.2, 0.25) is 0 Å². The number of nitrogens with zero attached hydrogens (tertiary/aromatic N) is 2. The lowest BCUT2D eigenvalue weighted by Crippen LogP contribution is -2.28. The van der Waals surface area contributed by atoms with Gasteiger partial charge in [0, 0.05) is 22.0 Å². The Morgan fingerprint density at radius 2 is 2.10 bits per heavy atom. The topological polar surface area (TPSA) is 89.2 Å². The van der Waals surface area contributed by atoms with Gasteiger partial charge in [-0.1, -0.05) is 12.1 Å². The molecule has 3 heterocycles. The number of nitrogens with one attached hydrogen (secondary N) is 2. The fraction of sp³-hybridized carbons (Fsp3) is 0.250. The number of anilines is 1. The Morgan fingerprint density at radius 1 is 1.24 bits per heavy atom. The summed E-state index contributed by atoms with van der Waals surface area (Å²) in [6.07, 6.45) is 3.51. The van der Waals surface area contributed by atoms with E-state index in [1.807, 2.05) is 24.5 Å². The molecule has 0 atom stereocenters. The van der Waals surface area contributed by atoms with E-state index in [0.29, 0.717) is 23.7 Å². The van der Waals surface area contributed by atoms with Gasteiger partial charge >= 0.3 is 0 Å². The number of hydrogen-bond acceptors (Lipinski definition) is 6. The monoisotopic (exact) mass is 428 g/mol. The van der Waals surface area contributed by atoms with E-state index in [1.165, 1.54) is 11.8 Å². The van der Waals surface area contributed by atoms with Crippen LogP contribution in [0.4, 0.5) is 5.82 Å². The van der Waals surface area contributed by atoms with Crippen molar-refractivity contribution in [1.82, 2.24) is 15.1 Å². The number of fused-ring (bicyclic) bond motifs is 1. The highest BCUT2D eigenvalue weighted by molar-refractivity contribution is 7.98. The number of aromatic nitrogens is 2. The van der Waals surface area contributed by atoms with Gasteiger partial charge in [-0.25, -0.2) is 4.68 Å². The summed E-state index contributed by atoms with van der Waals surface area (Å²) in [5.74, 6) is 2.42. The number of thioether (sulfide) groups is 2. The third kappa shape index (κ3) is 4.35. The Balaban J connectivity index is 1.52. The molecule has 3 aromatic rings. The predicted molar refractivity (Wildman–Crippen MR) is 114 cm³/mol. The Kier molecular flexibility index (Phi) is 5.96. The molecule has 1 aliphatic rings. The molecule has 0 spiro atoms. The molecule has 0 saturated heterocycles. The molecular weight excluding hydrogens is 408 g/mol. The van der Waals surface area contributed by atoms with Crippen LogP contribution in [0, 0.1) is 0 Å². The maximum Gasteiger partial charge on any atom is 0.257 e. The molecule has 2 amide bonds. The van der Waals surface area contributed by atoms with Crippen molar-refractivity contribution in [2.45, 2.75) is 29.5 Å². The Bertz CT molecular complexity index is 1030. The summed E-state index contributed by atoms with van der Waals surface area (Å²) in [6, 6.07) is 11.0. The molecule has 0 unspecified atom stereocenters. The van der Waals surface area contributed by atoms with Gasteiger partial charge in [0.05, 0.1) is 24.1 Å². The lowest BCUT2D eigenvalue weighted by Gasteiger charge is -2.12. The highest BCUT2D eigenvalue weighted by Gasteiger charge is 2.25. The van der Waals surface area contributed by atoms with E-state index < -0.39 is 0 Å². The van der Waals surface area contributed by atoms with Gasteiger partial charge in [-0.15, -0.1) is 11.8 Å². The molecule has 2 aromatic heterocycles. The van der Waals surface area contributed by atoms with Gasteiger partial charge < -0.3 is 15.1 Å². The van der Waals surface area contributed by atoms with Gasteiger partial charge in [0.15, 0.2) is 0 Å². The summed E-state index contributed by atoms with van der Waals surface area (Å²) in [5, 5.41) is 10.4. The minimum atomic E-state index is -0.202. The van der Waals surface area contributed by atoms with Crippen LogP contribution in [0.15, 0.2) is 52.0 Å².